The Hall–Kier alpha value is -5.35. The maximum atomic E-state index is 14.2. The van der Waals surface area contributed by atoms with E-state index < -0.39 is 0 Å². The summed E-state index contributed by atoms with van der Waals surface area (Å²) < 4.78 is 22.7. The molecule has 1 aliphatic rings. The zero-order chi connectivity index (χ0) is 41.3. The molecule has 56 heavy (non-hydrogen) atoms. The topological polar surface area (TPSA) is 115 Å². The summed E-state index contributed by atoms with van der Waals surface area (Å²) in [5.41, 5.74) is 4.52. The Balaban J connectivity index is 0.000000877. The Bertz CT molecular complexity index is 1750. The summed E-state index contributed by atoms with van der Waals surface area (Å²) in [5, 5.41) is 9.13. The van der Waals surface area contributed by atoms with Gasteiger partial charge >= 0.3 is 5.97 Å². The van der Waals surface area contributed by atoms with Gasteiger partial charge in [-0.1, -0.05) is 115 Å². The number of carbonyl (C=O) groups is 3. The normalized spacial score (nSPS) is 10.9. The molecular weight excluding hydrogens is 709 g/mol. The number of esters is 1. The first kappa shape index (κ1) is 46.8. The number of hydrogen-bond donors (Lipinski definition) is 1. The van der Waals surface area contributed by atoms with Crippen LogP contribution < -0.4 is 14.2 Å². The average molecular weight is 771 g/mol. The van der Waals surface area contributed by atoms with Crippen molar-refractivity contribution in [1.29, 1.82) is 0 Å². The second kappa shape index (κ2) is 26.5. The van der Waals surface area contributed by atoms with Crippen LogP contribution in [0.15, 0.2) is 91.0 Å². The average Bonchev–Trinajstić information content (AvgIpc) is 3.68. The van der Waals surface area contributed by atoms with Crippen molar-refractivity contribution in [1.82, 2.24) is 9.80 Å². The van der Waals surface area contributed by atoms with Crippen LogP contribution in [0, 0.1) is 0 Å². The monoisotopic (exact) mass is 770 g/mol. The molecule has 4 aromatic rings. The number of amides is 2. The highest BCUT2D eigenvalue weighted by Crippen LogP contribution is 2.35. The molecule has 10 heteroatoms. The van der Waals surface area contributed by atoms with Crippen molar-refractivity contribution >= 4 is 17.8 Å². The van der Waals surface area contributed by atoms with E-state index in [1.807, 2.05) is 113 Å². The molecule has 0 atom stereocenters. The van der Waals surface area contributed by atoms with Gasteiger partial charge < -0.3 is 33.9 Å². The van der Waals surface area contributed by atoms with Crippen LogP contribution in [-0.4, -0.2) is 66.1 Å². The van der Waals surface area contributed by atoms with Crippen LogP contribution in [0.4, 0.5) is 0 Å². The molecule has 0 aliphatic carbocycles. The largest absolute Gasteiger partial charge is 0.491 e. The quantitative estimate of drug-likeness (QED) is 0.112. The fraction of sp³-hybridized carbons (Fsp3) is 0.413. The molecule has 1 N–H and O–H groups in total. The Labute approximate surface area is 334 Å². The fourth-order valence-electron chi connectivity index (χ4n) is 5.49. The highest BCUT2D eigenvalue weighted by atomic mass is 16.5. The van der Waals surface area contributed by atoms with Gasteiger partial charge in [0.2, 0.25) is 0 Å². The van der Waals surface area contributed by atoms with E-state index >= 15 is 0 Å². The summed E-state index contributed by atoms with van der Waals surface area (Å²) in [5.74, 6) is 0.705. The molecule has 2 amide bonds. The van der Waals surface area contributed by atoms with Gasteiger partial charge in [-0.15, -0.1) is 0 Å². The molecule has 5 rings (SSSR count). The first-order chi connectivity index (χ1) is 27.2. The molecule has 1 aliphatic heterocycles. The van der Waals surface area contributed by atoms with Crippen LogP contribution >= 0.6 is 0 Å². The number of carbonyl (C=O) groups excluding carboxylic acids is 3. The Morgan fingerprint density at radius 2 is 1.27 bits per heavy atom. The number of benzene rings is 4. The summed E-state index contributed by atoms with van der Waals surface area (Å²) in [6.45, 7) is 16.0. The molecule has 1 heterocycles. The lowest BCUT2D eigenvalue weighted by atomic mass is 10.0. The number of aliphatic hydroxyl groups excluding tert-OH is 1. The zero-order valence-electron chi connectivity index (χ0n) is 34.6. The molecule has 0 fully saturated rings. The number of ether oxygens (including phenoxy) is 4. The molecule has 4 aromatic carbocycles. The maximum absolute atomic E-state index is 14.2. The Morgan fingerprint density at radius 1 is 0.696 bits per heavy atom. The lowest BCUT2D eigenvalue weighted by Gasteiger charge is -2.23. The van der Waals surface area contributed by atoms with Crippen molar-refractivity contribution in [3.63, 3.8) is 0 Å². The van der Waals surface area contributed by atoms with E-state index in [-0.39, 0.29) is 44.2 Å². The standard InChI is InChI=1S/C37H40N2O6.C5H10O2.2C2H6/c1-3-4-17-38(2)36(41)32-21-33(37(42)39-23-29-15-16-31(43-19-18-40)20-30(29)24-39)35(45-26-28-13-9-6-10-14-28)22-34(32)44-25-27-11-7-5-8-12-27;1-3-4-7-5(2)6;2*1-2/h5-16,20-22,40H,3-4,17-19,23-26H2,1-2H3;3-4H2,1-2H3;2*1-2H3. The van der Waals surface area contributed by atoms with Crippen LogP contribution in [0.1, 0.15) is 111 Å². The lowest BCUT2D eigenvalue weighted by Crippen LogP contribution is -2.30. The molecule has 304 valence electrons. The zero-order valence-corrected chi connectivity index (χ0v) is 34.6. The smallest absolute Gasteiger partial charge is 0.302 e. The highest BCUT2D eigenvalue weighted by molar-refractivity contribution is 6.03. The van der Waals surface area contributed by atoms with Gasteiger partial charge in [0.25, 0.3) is 11.8 Å². The van der Waals surface area contributed by atoms with Gasteiger partial charge in [-0.25, -0.2) is 0 Å². The van der Waals surface area contributed by atoms with Crippen molar-refractivity contribution in [3.05, 3.63) is 124 Å². The van der Waals surface area contributed by atoms with Crippen LogP contribution in [0.2, 0.25) is 0 Å². The molecule has 0 saturated heterocycles. The molecule has 0 bridgehead atoms. The van der Waals surface area contributed by atoms with Gasteiger partial charge in [-0.05, 0) is 53.3 Å². The molecule has 0 aromatic heterocycles. The van der Waals surface area contributed by atoms with E-state index in [1.165, 1.54) is 6.92 Å². The molecule has 0 radical (unpaired) electrons. The summed E-state index contributed by atoms with van der Waals surface area (Å²) in [7, 11) is 1.77. The first-order valence-electron chi connectivity index (χ1n) is 19.8. The van der Waals surface area contributed by atoms with E-state index in [0.29, 0.717) is 54.6 Å². The van der Waals surface area contributed by atoms with Gasteiger partial charge in [-0.3, -0.25) is 14.4 Å². The Morgan fingerprint density at radius 3 is 1.79 bits per heavy atom. The molecular formula is C46H62N2O8. The number of aliphatic hydroxyl groups is 1. The van der Waals surface area contributed by atoms with Crippen molar-refractivity contribution in [2.24, 2.45) is 0 Å². The molecule has 0 spiro atoms. The van der Waals surface area contributed by atoms with Crippen molar-refractivity contribution in [2.45, 2.75) is 94.0 Å². The first-order valence-corrected chi connectivity index (χ1v) is 19.8. The van der Waals surface area contributed by atoms with E-state index in [1.54, 1.807) is 29.0 Å². The summed E-state index contributed by atoms with van der Waals surface area (Å²) >= 11 is 0. The van der Waals surface area contributed by atoms with Crippen LogP contribution in [0.25, 0.3) is 0 Å². The second-order valence-electron chi connectivity index (χ2n) is 12.5. The van der Waals surface area contributed by atoms with E-state index in [2.05, 4.69) is 11.7 Å². The predicted octanol–water partition coefficient (Wildman–Crippen LogP) is 9.26. The number of nitrogens with zero attached hydrogens (tertiary/aromatic N) is 2. The van der Waals surface area contributed by atoms with Crippen LogP contribution in [0.5, 0.6) is 17.2 Å². The number of unbranched alkanes of at least 4 members (excludes halogenated alkanes) is 1. The molecule has 0 saturated carbocycles. The third-order valence-corrected chi connectivity index (χ3v) is 8.27. The third kappa shape index (κ3) is 15.1. The predicted molar refractivity (Wildman–Crippen MR) is 222 cm³/mol. The third-order valence-electron chi connectivity index (χ3n) is 8.27. The number of rotatable bonds is 16. The van der Waals surface area contributed by atoms with Gasteiger partial charge in [0, 0.05) is 39.7 Å². The van der Waals surface area contributed by atoms with Gasteiger partial charge in [0.05, 0.1) is 24.3 Å². The van der Waals surface area contributed by atoms with E-state index in [0.717, 1.165) is 41.5 Å². The van der Waals surface area contributed by atoms with Crippen molar-refractivity contribution in [3.8, 4) is 17.2 Å². The van der Waals surface area contributed by atoms with Gasteiger partial charge in [0.15, 0.2) is 0 Å². The van der Waals surface area contributed by atoms with Crippen LogP contribution in [0.3, 0.4) is 0 Å². The van der Waals surface area contributed by atoms with Gasteiger partial charge in [-0.2, -0.15) is 0 Å². The Kier molecular flexibility index (Phi) is 22.1. The maximum Gasteiger partial charge on any atom is 0.302 e. The van der Waals surface area contributed by atoms with Crippen molar-refractivity contribution in [2.75, 3.05) is 33.4 Å². The van der Waals surface area contributed by atoms with Crippen molar-refractivity contribution < 1.29 is 38.4 Å². The number of hydrogen-bond acceptors (Lipinski definition) is 8. The number of fused-ring (bicyclic) bond motifs is 1. The summed E-state index contributed by atoms with van der Waals surface area (Å²) in [4.78, 5) is 41.4. The van der Waals surface area contributed by atoms with Gasteiger partial charge in [0.1, 0.15) is 37.1 Å². The minimum Gasteiger partial charge on any atom is -0.491 e. The molecule has 0 unspecified atom stereocenters. The minimum absolute atomic E-state index is 0.0762. The van der Waals surface area contributed by atoms with E-state index in [4.69, 9.17) is 19.3 Å². The summed E-state index contributed by atoms with van der Waals surface area (Å²) in [6.07, 6.45) is 2.72. The lowest BCUT2D eigenvalue weighted by molar-refractivity contribution is -0.140. The van der Waals surface area contributed by atoms with Crippen LogP contribution in [-0.2, 0) is 35.8 Å². The second-order valence-corrected chi connectivity index (χ2v) is 12.5. The SMILES string of the molecule is CC.CC.CCCCN(C)C(=O)c1cc(C(=O)N2Cc3ccc(OCCO)cc3C2)c(OCc2ccccc2)cc1OCc1ccccc1.CCCOC(C)=O. The van der Waals surface area contributed by atoms with E-state index in [9.17, 15) is 14.4 Å². The molecule has 10 nitrogen and oxygen atoms in total. The minimum atomic E-state index is -0.244. The highest BCUT2D eigenvalue weighted by Gasteiger charge is 2.30. The summed E-state index contributed by atoms with van der Waals surface area (Å²) in [6, 6.07) is 28.5. The fourth-order valence-corrected chi connectivity index (χ4v) is 5.49.